The molecule has 0 aliphatic rings. The molecule has 0 radical (unpaired) electrons. The summed E-state index contributed by atoms with van der Waals surface area (Å²) in [6, 6.07) is 19.5. The number of hydrogen-bond donors (Lipinski definition) is 3. The Bertz CT molecular complexity index is 1010. The second-order valence-corrected chi connectivity index (χ2v) is 6.16. The van der Waals surface area contributed by atoms with Crippen molar-refractivity contribution >= 4 is 23.5 Å². The van der Waals surface area contributed by atoms with Gasteiger partial charge in [-0.05, 0) is 48.0 Å². The van der Waals surface area contributed by atoms with Gasteiger partial charge in [-0.2, -0.15) is 0 Å². The van der Waals surface area contributed by atoms with E-state index < -0.39 is 17.8 Å². The Morgan fingerprint density at radius 1 is 0.759 bits per heavy atom. The van der Waals surface area contributed by atoms with Gasteiger partial charge in [-0.1, -0.05) is 30.3 Å². The molecule has 0 saturated carbocycles. The van der Waals surface area contributed by atoms with Gasteiger partial charge < -0.3 is 20.3 Å². The molecule has 0 heterocycles. The number of carbonyl (C=O) groups is 3. The smallest absolute Gasteiger partial charge is 0.335 e. The number of aromatic carboxylic acids is 2. The Hall–Kier alpha value is -4.13. The molecule has 7 nitrogen and oxygen atoms in total. The monoisotopic (exact) mass is 391 g/mol. The zero-order chi connectivity index (χ0) is 20.8. The van der Waals surface area contributed by atoms with Crippen molar-refractivity contribution in [3.63, 3.8) is 0 Å². The summed E-state index contributed by atoms with van der Waals surface area (Å²) in [6.45, 7) is 0.395. The van der Waals surface area contributed by atoms with Gasteiger partial charge in [-0.15, -0.1) is 0 Å². The highest BCUT2D eigenvalue weighted by Crippen LogP contribution is 2.18. The van der Waals surface area contributed by atoms with E-state index in [0.717, 1.165) is 11.6 Å². The van der Waals surface area contributed by atoms with Crippen LogP contribution in [-0.4, -0.2) is 28.1 Å². The lowest BCUT2D eigenvalue weighted by molar-refractivity contribution is 0.0696. The minimum Gasteiger partial charge on any atom is -0.489 e. The molecule has 3 aromatic carbocycles. The number of carboxylic acids is 2. The molecule has 7 heteroatoms. The van der Waals surface area contributed by atoms with Crippen LogP contribution < -0.4 is 10.1 Å². The highest BCUT2D eigenvalue weighted by molar-refractivity contribution is 6.05. The summed E-state index contributed by atoms with van der Waals surface area (Å²) in [5.41, 5.74) is 0.947. The lowest BCUT2D eigenvalue weighted by atomic mass is 10.1. The maximum absolute atomic E-state index is 12.4. The van der Waals surface area contributed by atoms with Crippen molar-refractivity contribution in [2.75, 3.05) is 5.32 Å². The van der Waals surface area contributed by atoms with E-state index in [1.165, 1.54) is 12.1 Å². The largest absolute Gasteiger partial charge is 0.489 e. The summed E-state index contributed by atoms with van der Waals surface area (Å²) in [6.07, 6.45) is 0. The number of nitrogens with one attached hydrogen (secondary N) is 1. The Labute approximate surface area is 166 Å². The number of hydrogen-bond acceptors (Lipinski definition) is 4. The van der Waals surface area contributed by atoms with E-state index in [1.807, 2.05) is 30.3 Å². The van der Waals surface area contributed by atoms with Gasteiger partial charge in [0.05, 0.1) is 11.1 Å². The zero-order valence-corrected chi connectivity index (χ0v) is 15.2. The molecule has 0 saturated heterocycles. The second kappa shape index (κ2) is 8.71. The van der Waals surface area contributed by atoms with Crippen LogP contribution >= 0.6 is 0 Å². The second-order valence-electron chi connectivity index (χ2n) is 6.16. The van der Waals surface area contributed by atoms with Crippen molar-refractivity contribution in [2.24, 2.45) is 0 Å². The molecule has 3 rings (SSSR count). The predicted molar refractivity (Wildman–Crippen MR) is 106 cm³/mol. The van der Waals surface area contributed by atoms with E-state index >= 15 is 0 Å². The molecule has 3 N–H and O–H groups in total. The van der Waals surface area contributed by atoms with Crippen LogP contribution in [0.3, 0.4) is 0 Å². The van der Waals surface area contributed by atoms with Crippen molar-refractivity contribution in [3.8, 4) is 5.75 Å². The van der Waals surface area contributed by atoms with Crippen molar-refractivity contribution in [2.45, 2.75) is 6.61 Å². The molecule has 0 spiro atoms. The van der Waals surface area contributed by atoms with Crippen LogP contribution in [0.5, 0.6) is 5.75 Å². The highest BCUT2D eigenvalue weighted by atomic mass is 16.5. The summed E-state index contributed by atoms with van der Waals surface area (Å²) in [5.74, 6) is -2.49. The molecule has 29 heavy (non-hydrogen) atoms. The van der Waals surface area contributed by atoms with Crippen molar-refractivity contribution < 1.29 is 29.3 Å². The van der Waals surface area contributed by atoms with E-state index in [0.29, 0.717) is 17.9 Å². The Kier molecular flexibility index (Phi) is 5.89. The van der Waals surface area contributed by atoms with Crippen molar-refractivity contribution in [1.82, 2.24) is 0 Å². The van der Waals surface area contributed by atoms with Gasteiger partial charge in [-0.3, -0.25) is 4.79 Å². The molecule has 3 aromatic rings. The fourth-order valence-electron chi connectivity index (χ4n) is 2.59. The lowest BCUT2D eigenvalue weighted by Crippen LogP contribution is -2.13. The summed E-state index contributed by atoms with van der Waals surface area (Å²) >= 11 is 0. The molecule has 146 valence electrons. The highest BCUT2D eigenvalue weighted by Gasteiger charge is 2.14. The average Bonchev–Trinajstić information content (AvgIpc) is 2.73. The fourth-order valence-corrected chi connectivity index (χ4v) is 2.59. The quantitative estimate of drug-likeness (QED) is 0.563. The van der Waals surface area contributed by atoms with Crippen LogP contribution in [-0.2, 0) is 6.61 Å². The molecule has 0 fully saturated rings. The van der Waals surface area contributed by atoms with Gasteiger partial charge >= 0.3 is 11.9 Å². The summed E-state index contributed by atoms with van der Waals surface area (Å²) in [4.78, 5) is 34.8. The summed E-state index contributed by atoms with van der Waals surface area (Å²) in [5, 5.41) is 20.7. The van der Waals surface area contributed by atoms with Gasteiger partial charge in [0, 0.05) is 11.3 Å². The van der Waals surface area contributed by atoms with Crippen molar-refractivity contribution in [1.29, 1.82) is 0 Å². The molecule has 0 unspecified atom stereocenters. The minimum absolute atomic E-state index is 0.0803. The van der Waals surface area contributed by atoms with E-state index in [2.05, 4.69) is 5.32 Å². The first-order valence-electron chi connectivity index (χ1n) is 8.62. The number of ether oxygens (including phenoxy) is 1. The first-order chi connectivity index (χ1) is 13.9. The van der Waals surface area contributed by atoms with Crippen LogP contribution in [0.25, 0.3) is 0 Å². The van der Waals surface area contributed by atoms with Crippen LogP contribution in [0.15, 0.2) is 72.8 Å². The van der Waals surface area contributed by atoms with E-state index in [-0.39, 0.29) is 16.8 Å². The predicted octanol–water partition coefficient (Wildman–Crippen LogP) is 3.91. The van der Waals surface area contributed by atoms with Gasteiger partial charge in [0.2, 0.25) is 0 Å². The zero-order valence-electron chi connectivity index (χ0n) is 15.2. The first-order valence-corrected chi connectivity index (χ1v) is 8.62. The third kappa shape index (κ3) is 5.20. The Balaban J connectivity index is 1.69. The molecule has 0 bridgehead atoms. The van der Waals surface area contributed by atoms with E-state index in [9.17, 15) is 14.4 Å². The number of anilines is 1. The molecular formula is C22H17NO6. The van der Waals surface area contributed by atoms with Crippen LogP contribution in [0.2, 0.25) is 0 Å². The normalized spacial score (nSPS) is 10.2. The maximum Gasteiger partial charge on any atom is 0.335 e. The SMILES string of the molecule is O=C(O)c1cc(NC(=O)c2ccc(OCc3ccccc3)cc2)cc(C(=O)O)c1. The van der Waals surface area contributed by atoms with Gasteiger partial charge in [-0.25, -0.2) is 9.59 Å². The Morgan fingerprint density at radius 2 is 1.34 bits per heavy atom. The molecule has 1 amide bonds. The molecule has 0 aromatic heterocycles. The van der Waals surface area contributed by atoms with Gasteiger partial charge in [0.25, 0.3) is 5.91 Å². The Morgan fingerprint density at radius 3 is 1.90 bits per heavy atom. The molecule has 0 aliphatic heterocycles. The van der Waals surface area contributed by atoms with Crippen molar-refractivity contribution in [3.05, 3.63) is 95.1 Å². The van der Waals surface area contributed by atoms with Gasteiger partial charge in [0.15, 0.2) is 0 Å². The van der Waals surface area contributed by atoms with Crippen LogP contribution in [0.4, 0.5) is 5.69 Å². The topological polar surface area (TPSA) is 113 Å². The van der Waals surface area contributed by atoms with Crippen LogP contribution in [0.1, 0.15) is 36.6 Å². The number of carbonyl (C=O) groups excluding carboxylic acids is 1. The summed E-state index contributed by atoms with van der Waals surface area (Å²) < 4.78 is 5.67. The number of rotatable bonds is 7. The molecule has 0 aliphatic carbocycles. The number of amides is 1. The third-order valence-electron chi connectivity index (χ3n) is 4.05. The standard InChI is InChI=1S/C22H17NO6/c24-20(23-18-11-16(21(25)26)10-17(12-18)22(27)28)15-6-8-19(9-7-15)29-13-14-4-2-1-3-5-14/h1-12H,13H2,(H,23,24)(H,25,26)(H,27,28). The van der Waals surface area contributed by atoms with E-state index in [4.69, 9.17) is 14.9 Å². The van der Waals surface area contributed by atoms with E-state index in [1.54, 1.807) is 24.3 Å². The number of carboxylic acid groups (broad SMARTS) is 2. The maximum atomic E-state index is 12.4. The van der Waals surface area contributed by atoms with Crippen LogP contribution in [0, 0.1) is 0 Å². The third-order valence-corrected chi connectivity index (χ3v) is 4.05. The van der Waals surface area contributed by atoms with Gasteiger partial charge in [0.1, 0.15) is 12.4 Å². The first kappa shape index (κ1) is 19.6. The molecular weight excluding hydrogens is 374 g/mol. The fraction of sp³-hybridized carbons (Fsp3) is 0.0455. The molecule has 0 atom stereocenters. The lowest BCUT2D eigenvalue weighted by Gasteiger charge is -2.09. The number of benzene rings is 3. The minimum atomic E-state index is -1.29. The summed E-state index contributed by atoms with van der Waals surface area (Å²) in [7, 11) is 0. The average molecular weight is 391 g/mol.